The first-order chi connectivity index (χ1) is 11.3. The normalized spacial score (nSPS) is 14.9. The van der Waals surface area contributed by atoms with Gasteiger partial charge >= 0.3 is 0 Å². The van der Waals surface area contributed by atoms with E-state index in [9.17, 15) is 13.2 Å². The zero-order valence-electron chi connectivity index (χ0n) is 14.2. The molecule has 6 nitrogen and oxygen atoms in total. The van der Waals surface area contributed by atoms with Crippen LogP contribution in [0.2, 0.25) is 5.02 Å². The molecule has 8 heteroatoms. The summed E-state index contributed by atoms with van der Waals surface area (Å²) >= 11 is 6.04. The maximum Gasteiger partial charge on any atom is 0.266 e. The Labute approximate surface area is 148 Å². The molecule has 1 aromatic rings. The number of rotatable bonds is 8. The first kappa shape index (κ1) is 19.2. The number of carbonyl (C=O) groups excluding carboxylic acids is 1. The lowest BCUT2D eigenvalue weighted by molar-refractivity contribution is -0.0258. The van der Waals surface area contributed by atoms with E-state index in [1.54, 1.807) is 11.0 Å². The van der Waals surface area contributed by atoms with Crippen LogP contribution in [-0.4, -0.2) is 50.9 Å². The fourth-order valence-corrected chi connectivity index (χ4v) is 3.88. The number of benzene rings is 1. The molecule has 0 saturated heterocycles. The molecule has 0 N–H and O–H groups in total. The first-order valence-electron chi connectivity index (χ1n) is 7.93. The van der Waals surface area contributed by atoms with Gasteiger partial charge in [-0.1, -0.05) is 23.0 Å². The van der Waals surface area contributed by atoms with Crippen LogP contribution >= 0.6 is 11.6 Å². The molecule has 0 unspecified atom stereocenters. The third-order valence-electron chi connectivity index (χ3n) is 4.01. The quantitative estimate of drug-likeness (QED) is 0.656. The van der Waals surface area contributed by atoms with Crippen LogP contribution in [0.3, 0.4) is 0 Å². The summed E-state index contributed by atoms with van der Waals surface area (Å²) < 4.78 is 25.6. The van der Waals surface area contributed by atoms with Crippen molar-refractivity contribution >= 4 is 27.5 Å². The second kappa shape index (κ2) is 7.82. The summed E-state index contributed by atoms with van der Waals surface area (Å²) in [5.74, 6) is 0.396. The molecule has 1 saturated carbocycles. The fraction of sp³-hybridized carbons (Fsp3) is 0.562. The number of amides is 1. The van der Waals surface area contributed by atoms with Crippen molar-refractivity contribution in [3.63, 3.8) is 0 Å². The number of nitrogens with zero attached hydrogens (tertiary/aromatic N) is 2. The zero-order valence-corrected chi connectivity index (χ0v) is 15.7. The van der Waals surface area contributed by atoms with Gasteiger partial charge < -0.3 is 4.90 Å². The van der Waals surface area contributed by atoms with Crippen LogP contribution in [-0.2, 0) is 14.9 Å². The van der Waals surface area contributed by atoms with Crippen LogP contribution in [0.15, 0.2) is 23.1 Å². The van der Waals surface area contributed by atoms with E-state index in [0.717, 1.165) is 30.3 Å². The van der Waals surface area contributed by atoms with E-state index in [-0.39, 0.29) is 15.8 Å². The summed E-state index contributed by atoms with van der Waals surface area (Å²) in [6, 6.07) is 4.32. The van der Waals surface area contributed by atoms with Gasteiger partial charge in [-0.3, -0.25) is 9.63 Å². The fourth-order valence-electron chi connectivity index (χ4n) is 2.41. The highest BCUT2D eigenvalue weighted by Crippen LogP contribution is 2.31. The number of sulfonamides is 1. The van der Waals surface area contributed by atoms with Gasteiger partial charge in [0.1, 0.15) is 4.90 Å². The third kappa shape index (κ3) is 4.27. The molecule has 24 heavy (non-hydrogen) atoms. The average Bonchev–Trinajstić information content (AvgIpc) is 3.37. The summed E-state index contributed by atoms with van der Waals surface area (Å²) in [4.78, 5) is 19.2. The molecule has 0 aliphatic heterocycles. The van der Waals surface area contributed by atoms with Crippen molar-refractivity contribution in [3.8, 4) is 0 Å². The Morgan fingerprint density at radius 2 is 2.04 bits per heavy atom. The van der Waals surface area contributed by atoms with E-state index in [1.807, 2.05) is 6.92 Å². The molecule has 1 amide bonds. The molecule has 134 valence electrons. The average molecular weight is 375 g/mol. The molecule has 0 bridgehead atoms. The Morgan fingerprint density at radius 3 is 2.58 bits per heavy atom. The molecule has 2 rings (SSSR count). The summed E-state index contributed by atoms with van der Waals surface area (Å²) in [5.41, 5.74) is 0.316. The standard InChI is InChI=1S/C16H23ClN2O4S/c1-4-9-19(11-12-5-6-12)16(20)13-7-8-14(17)15(10-13)24(21,22)18(2)23-3/h7-8,10,12H,4-6,9,11H2,1-3H3. The van der Waals surface area contributed by atoms with Crippen molar-refractivity contribution in [2.45, 2.75) is 31.1 Å². The highest BCUT2D eigenvalue weighted by atomic mass is 35.5. The highest BCUT2D eigenvalue weighted by molar-refractivity contribution is 7.89. The molecular formula is C16H23ClN2O4S. The van der Waals surface area contributed by atoms with Crippen LogP contribution in [0, 0.1) is 5.92 Å². The van der Waals surface area contributed by atoms with Crippen molar-refractivity contribution in [2.24, 2.45) is 5.92 Å². The van der Waals surface area contributed by atoms with Crippen molar-refractivity contribution in [3.05, 3.63) is 28.8 Å². The van der Waals surface area contributed by atoms with Gasteiger partial charge in [-0.2, -0.15) is 0 Å². The number of hydroxylamine groups is 1. The van der Waals surface area contributed by atoms with Crippen LogP contribution in [0.25, 0.3) is 0 Å². The number of halogens is 1. The van der Waals surface area contributed by atoms with E-state index in [2.05, 4.69) is 0 Å². The van der Waals surface area contributed by atoms with E-state index in [1.165, 1.54) is 26.3 Å². The van der Waals surface area contributed by atoms with Crippen molar-refractivity contribution < 1.29 is 18.0 Å². The monoisotopic (exact) mass is 374 g/mol. The van der Waals surface area contributed by atoms with Crippen molar-refractivity contribution in [2.75, 3.05) is 27.2 Å². The molecule has 0 heterocycles. The summed E-state index contributed by atoms with van der Waals surface area (Å²) in [5, 5.41) is 0.0553. The summed E-state index contributed by atoms with van der Waals surface area (Å²) in [6.45, 7) is 3.38. The van der Waals surface area contributed by atoms with E-state index in [0.29, 0.717) is 18.0 Å². The van der Waals surface area contributed by atoms with Gasteiger partial charge in [0.05, 0.1) is 12.1 Å². The van der Waals surface area contributed by atoms with Gasteiger partial charge in [-0.05, 0) is 43.4 Å². The number of carbonyl (C=O) groups is 1. The molecular weight excluding hydrogens is 352 g/mol. The van der Waals surface area contributed by atoms with Gasteiger partial charge in [-0.25, -0.2) is 8.42 Å². The van der Waals surface area contributed by atoms with E-state index in [4.69, 9.17) is 16.4 Å². The Kier molecular flexibility index (Phi) is 6.25. The summed E-state index contributed by atoms with van der Waals surface area (Å²) in [7, 11) is -1.39. The Balaban J connectivity index is 2.33. The maximum atomic E-state index is 12.8. The number of hydrogen-bond donors (Lipinski definition) is 0. The smallest absolute Gasteiger partial charge is 0.266 e. The van der Waals surface area contributed by atoms with Crippen LogP contribution in [0.4, 0.5) is 0 Å². The van der Waals surface area contributed by atoms with Crippen molar-refractivity contribution in [1.82, 2.24) is 9.37 Å². The Hall–Kier alpha value is -1.15. The Bertz CT molecular complexity index is 704. The maximum absolute atomic E-state index is 12.8. The van der Waals surface area contributed by atoms with Gasteiger partial charge in [-0.15, -0.1) is 0 Å². The van der Waals surface area contributed by atoms with Crippen molar-refractivity contribution in [1.29, 1.82) is 0 Å². The van der Waals surface area contributed by atoms with Gasteiger partial charge in [0.25, 0.3) is 15.9 Å². The molecule has 0 atom stereocenters. The summed E-state index contributed by atoms with van der Waals surface area (Å²) in [6.07, 6.45) is 3.14. The Morgan fingerprint density at radius 1 is 1.38 bits per heavy atom. The molecule has 0 radical (unpaired) electrons. The minimum absolute atomic E-state index is 0.0553. The minimum atomic E-state index is -3.92. The third-order valence-corrected chi connectivity index (χ3v) is 6.17. The molecule has 1 fully saturated rings. The van der Waals surface area contributed by atoms with Crippen LogP contribution in [0.5, 0.6) is 0 Å². The predicted molar refractivity (Wildman–Crippen MR) is 92.3 cm³/mol. The lowest BCUT2D eigenvalue weighted by atomic mass is 10.2. The van der Waals surface area contributed by atoms with E-state index < -0.39 is 10.0 Å². The minimum Gasteiger partial charge on any atom is -0.338 e. The molecule has 1 aliphatic rings. The zero-order chi connectivity index (χ0) is 17.9. The lowest BCUT2D eigenvalue weighted by Crippen LogP contribution is -2.34. The molecule has 0 spiro atoms. The first-order valence-corrected chi connectivity index (χ1v) is 9.75. The topological polar surface area (TPSA) is 66.9 Å². The van der Waals surface area contributed by atoms with E-state index >= 15 is 0 Å². The van der Waals surface area contributed by atoms with Gasteiger partial charge in [0, 0.05) is 25.7 Å². The van der Waals surface area contributed by atoms with Gasteiger partial charge in [0.15, 0.2) is 0 Å². The molecule has 0 aromatic heterocycles. The van der Waals surface area contributed by atoms with Gasteiger partial charge in [0.2, 0.25) is 0 Å². The molecule has 1 aromatic carbocycles. The van der Waals surface area contributed by atoms with Crippen LogP contribution in [0.1, 0.15) is 36.5 Å². The highest BCUT2D eigenvalue weighted by Gasteiger charge is 2.29. The second-order valence-electron chi connectivity index (χ2n) is 5.94. The number of hydrogen-bond acceptors (Lipinski definition) is 4. The largest absolute Gasteiger partial charge is 0.338 e. The SMILES string of the molecule is CCCN(CC1CC1)C(=O)c1ccc(Cl)c(S(=O)(=O)N(C)OC)c1. The van der Waals surface area contributed by atoms with Crippen LogP contribution < -0.4 is 0 Å². The molecule has 1 aliphatic carbocycles. The lowest BCUT2D eigenvalue weighted by Gasteiger charge is -2.23. The predicted octanol–water partition coefficient (Wildman–Crippen LogP) is 2.78. The second-order valence-corrected chi connectivity index (χ2v) is 8.25.